The van der Waals surface area contributed by atoms with Crippen LogP contribution in [0, 0.1) is 13.8 Å². The summed E-state index contributed by atoms with van der Waals surface area (Å²) in [5, 5.41) is 0.982. The van der Waals surface area contributed by atoms with Gasteiger partial charge >= 0.3 is 0 Å². The van der Waals surface area contributed by atoms with E-state index in [4.69, 9.17) is 32.2 Å². The zero-order valence-electron chi connectivity index (χ0n) is 19.9. The van der Waals surface area contributed by atoms with Crippen LogP contribution in [-0.4, -0.2) is 66.5 Å². The van der Waals surface area contributed by atoms with Crippen molar-refractivity contribution in [2.45, 2.75) is 20.3 Å². The highest BCUT2D eigenvalue weighted by atomic mass is 32.1. The predicted molar refractivity (Wildman–Crippen MR) is 138 cm³/mol. The second kappa shape index (κ2) is 10.9. The molecule has 4 rings (SSSR count). The van der Waals surface area contributed by atoms with Gasteiger partial charge in [0.1, 0.15) is 6.33 Å². The lowest BCUT2D eigenvalue weighted by atomic mass is 10.1. The van der Waals surface area contributed by atoms with Gasteiger partial charge in [0.2, 0.25) is 0 Å². The molecule has 9 heteroatoms. The molecule has 1 aliphatic rings. The minimum atomic E-state index is 0.208. The van der Waals surface area contributed by atoms with E-state index in [9.17, 15) is 0 Å². The maximum atomic E-state index is 6.20. The summed E-state index contributed by atoms with van der Waals surface area (Å²) in [6, 6.07) is 9.84. The monoisotopic (exact) mass is 481 g/mol. The summed E-state index contributed by atoms with van der Waals surface area (Å²) in [6.45, 7) is 9.15. The normalized spacial score (nSPS) is 14.2. The Bertz CT molecular complexity index is 1150. The Kier molecular flexibility index (Phi) is 7.77. The maximum Gasteiger partial charge on any atom is 0.176 e. The second-order valence-electron chi connectivity index (χ2n) is 8.29. The molecule has 0 atom stereocenters. The number of ether oxygens (including phenoxy) is 3. The third-order valence-electron chi connectivity index (χ3n) is 5.97. The van der Waals surface area contributed by atoms with E-state index in [2.05, 4.69) is 14.9 Å². The van der Waals surface area contributed by atoms with E-state index in [1.807, 2.05) is 44.2 Å². The van der Waals surface area contributed by atoms with Gasteiger partial charge < -0.3 is 19.9 Å². The number of nitrogens with two attached hydrogens (primary N) is 1. The van der Waals surface area contributed by atoms with E-state index in [1.165, 1.54) is 6.33 Å². The average Bonchev–Trinajstić information content (AvgIpc) is 2.84. The molecule has 2 heterocycles. The van der Waals surface area contributed by atoms with Crippen LogP contribution >= 0.6 is 12.2 Å². The van der Waals surface area contributed by atoms with Crippen LogP contribution in [0.5, 0.6) is 11.5 Å². The fourth-order valence-electron chi connectivity index (χ4n) is 4.27. The number of nitrogens with zero attached hydrogens (tertiary/aromatic N) is 4. The Morgan fingerprint density at radius 2 is 1.88 bits per heavy atom. The van der Waals surface area contributed by atoms with Crippen LogP contribution in [0.25, 0.3) is 10.9 Å². The zero-order valence-corrected chi connectivity index (χ0v) is 20.7. The van der Waals surface area contributed by atoms with E-state index >= 15 is 0 Å². The SMILES string of the molecule is COc1cc2c(N(C(N)=S)c3c(C)cccc3C)ncnc2cc1OCCCN1CCOCC1. The number of fused-ring (bicyclic) bond motifs is 1. The number of hydrogen-bond acceptors (Lipinski definition) is 7. The summed E-state index contributed by atoms with van der Waals surface area (Å²) in [5.74, 6) is 1.86. The lowest BCUT2D eigenvalue weighted by Crippen LogP contribution is -2.37. The van der Waals surface area contributed by atoms with E-state index < -0.39 is 0 Å². The third-order valence-corrected chi connectivity index (χ3v) is 6.16. The highest BCUT2D eigenvalue weighted by molar-refractivity contribution is 7.80. The Morgan fingerprint density at radius 3 is 2.56 bits per heavy atom. The molecule has 1 aromatic heterocycles. The van der Waals surface area contributed by atoms with Crippen LogP contribution in [0.15, 0.2) is 36.7 Å². The molecule has 1 fully saturated rings. The van der Waals surface area contributed by atoms with Crippen LogP contribution < -0.4 is 20.1 Å². The molecule has 0 aliphatic carbocycles. The first kappa shape index (κ1) is 24.1. The van der Waals surface area contributed by atoms with E-state index in [-0.39, 0.29) is 5.11 Å². The second-order valence-corrected chi connectivity index (χ2v) is 8.71. The molecule has 1 aliphatic heterocycles. The first-order chi connectivity index (χ1) is 16.5. The third kappa shape index (κ3) is 5.22. The van der Waals surface area contributed by atoms with Crippen molar-refractivity contribution >= 4 is 39.7 Å². The summed E-state index contributed by atoms with van der Waals surface area (Å²) in [5.41, 5.74) is 9.94. The first-order valence-electron chi connectivity index (χ1n) is 11.4. The molecule has 0 unspecified atom stereocenters. The largest absolute Gasteiger partial charge is 0.493 e. The van der Waals surface area contributed by atoms with Crippen molar-refractivity contribution in [3.05, 3.63) is 47.8 Å². The van der Waals surface area contributed by atoms with Crippen molar-refractivity contribution in [3.8, 4) is 11.5 Å². The van der Waals surface area contributed by atoms with Crippen LogP contribution in [0.3, 0.4) is 0 Å². The van der Waals surface area contributed by atoms with Crippen molar-refractivity contribution in [1.82, 2.24) is 14.9 Å². The van der Waals surface area contributed by atoms with Crippen molar-refractivity contribution in [2.24, 2.45) is 5.73 Å². The smallest absolute Gasteiger partial charge is 0.176 e. The molecule has 0 amide bonds. The summed E-state index contributed by atoms with van der Waals surface area (Å²) in [7, 11) is 1.63. The number of methoxy groups -OCH3 is 1. The number of para-hydroxylation sites is 1. The highest BCUT2D eigenvalue weighted by Gasteiger charge is 2.22. The molecule has 0 saturated carbocycles. The van der Waals surface area contributed by atoms with Crippen LogP contribution in [0.4, 0.5) is 11.5 Å². The minimum absolute atomic E-state index is 0.208. The van der Waals surface area contributed by atoms with Gasteiger partial charge in [-0.3, -0.25) is 9.80 Å². The molecule has 34 heavy (non-hydrogen) atoms. The molecule has 3 aromatic rings. The van der Waals surface area contributed by atoms with Gasteiger partial charge in [0.15, 0.2) is 22.4 Å². The summed E-state index contributed by atoms with van der Waals surface area (Å²) < 4.78 is 17.2. The Morgan fingerprint density at radius 1 is 1.15 bits per heavy atom. The van der Waals surface area contributed by atoms with Gasteiger partial charge in [-0.1, -0.05) is 18.2 Å². The number of aryl methyl sites for hydroxylation is 2. The van der Waals surface area contributed by atoms with Crippen LogP contribution in [0.1, 0.15) is 17.5 Å². The Hall–Kier alpha value is -3.01. The van der Waals surface area contributed by atoms with Crippen molar-refractivity contribution in [1.29, 1.82) is 0 Å². The lowest BCUT2D eigenvalue weighted by Gasteiger charge is -2.27. The predicted octanol–water partition coefficient (Wildman–Crippen LogP) is 3.74. The quantitative estimate of drug-likeness (QED) is 0.382. The Balaban J connectivity index is 1.63. The highest BCUT2D eigenvalue weighted by Crippen LogP contribution is 2.38. The van der Waals surface area contributed by atoms with Crippen molar-refractivity contribution < 1.29 is 14.2 Å². The topological polar surface area (TPSA) is 86.0 Å². The number of benzene rings is 2. The van der Waals surface area contributed by atoms with Gasteiger partial charge in [0.25, 0.3) is 0 Å². The molecule has 1 saturated heterocycles. The number of thiocarbonyl (C=S) groups is 1. The van der Waals surface area contributed by atoms with E-state index in [0.717, 1.165) is 67.0 Å². The summed E-state index contributed by atoms with van der Waals surface area (Å²) in [4.78, 5) is 13.2. The molecular formula is C25H31N5O3S. The molecule has 2 aromatic carbocycles. The number of aromatic nitrogens is 2. The zero-order chi connectivity index (χ0) is 24.1. The van der Waals surface area contributed by atoms with Crippen molar-refractivity contribution in [3.63, 3.8) is 0 Å². The molecule has 0 bridgehead atoms. The van der Waals surface area contributed by atoms with Crippen LogP contribution in [0.2, 0.25) is 0 Å². The minimum Gasteiger partial charge on any atom is -0.493 e. The van der Waals surface area contributed by atoms with Gasteiger partial charge in [-0.2, -0.15) is 0 Å². The molecule has 2 N–H and O–H groups in total. The fraction of sp³-hybridized carbons (Fsp3) is 0.400. The molecular weight excluding hydrogens is 450 g/mol. The summed E-state index contributed by atoms with van der Waals surface area (Å²) >= 11 is 5.45. The standard InChI is InChI=1S/C25H31N5O3S/c1-17-6-4-7-18(2)23(17)30(25(26)34)24-19-14-21(31-3)22(15-20(19)27-16-28-24)33-11-5-8-29-9-12-32-13-10-29/h4,6-7,14-16H,5,8-13H2,1-3H3,(H2,26,34). The van der Waals surface area contributed by atoms with Gasteiger partial charge in [-0.05, 0) is 49.7 Å². The van der Waals surface area contributed by atoms with Crippen molar-refractivity contribution in [2.75, 3.05) is 51.5 Å². The number of morpholine rings is 1. The number of anilines is 2. The van der Waals surface area contributed by atoms with Crippen LogP contribution in [-0.2, 0) is 4.74 Å². The molecule has 8 nitrogen and oxygen atoms in total. The van der Waals surface area contributed by atoms with E-state index in [0.29, 0.717) is 23.9 Å². The van der Waals surface area contributed by atoms with E-state index in [1.54, 1.807) is 12.0 Å². The maximum absolute atomic E-state index is 6.20. The molecule has 0 radical (unpaired) electrons. The van der Waals surface area contributed by atoms with Gasteiger partial charge in [0.05, 0.1) is 38.1 Å². The molecule has 180 valence electrons. The Labute approximate surface area is 205 Å². The van der Waals surface area contributed by atoms with Gasteiger partial charge in [-0.15, -0.1) is 0 Å². The average molecular weight is 482 g/mol. The summed E-state index contributed by atoms with van der Waals surface area (Å²) in [6.07, 6.45) is 2.43. The number of hydrogen-bond donors (Lipinski definition) is 1. The number of rotatable bonds is 8. The molecule has 0 spiro atoms. The van der Waals surface area contributed by atoms with Gasteiger partial charge in [0, 0.05) is 31.1 Å². The first-order valence-corrected chi connectivity index (χ1v) is 11.8. The lowest BCUT2D eigenvalue weighted by molar-refractivity contribution is 0.0357. The van der Waals surface area contributed by atoms with Gasteiger partial charge in [-0.25, -0.2) is 9.97 Å². The fourth-order valence-corrected chi connectivity index (χ4v) is 4.45.